The molecule has 0 bridgehead atoms. The number of nitrogens with two attached hydrogens (primary N) is 1. The standard InChI is InChI=1S/C15H12Cl3NO/c16-8-4-5-13-9(6-8)12(19)7-14(20-13)15-10(17)2-1-3-11(15)18/h1-6,12,14H,7,19H2. The molecule has 1 aliphatic rings. The van der Waals surface area contributed by atoms with Crippen molar-refractivity contribution in [1.29, 1.82) is 0 Å². The fourth-order valence-corrected chi connectivity index (χ4v) is 3.29. The summed E-state index contributed by atoms with van der Waals surface area (Å²) in [5, 5.41) is 1.83. The van der Waals surface area contributed by atoms with E-state index >= 15 is 0 Å². The molecule has 104 valence electrons. The second-order valence-corrected chi connectivity index (χ2v) is 6.02. The van der Waals surface area contributed by atoms with Crippen molar-refractivity contribution in [1.82, 2.24) is 0 Å². The molecule has 0 fully saturated rings. The Kier molecular flexibility index (Phi) is 3.83. The maximum absolute atomic E-state index is 6.24. The topological polar surface area (TPSA) is 35.2 Å². The van der Waals surface area contributed by atoms with E-state index in [1.807, 2.05) is 18.2 Å². The van der Waals surface area contributed by atoms with Crippen molar-refractivity contribution in [3.63, 3.8) is 0 Å². The Balaban J connectivity index is 2.01. The normalized spacial score (nSPS) is 21.2. The molecule has 1 aliphatic heterocycles. The molecule has 2 aromatic rings. The van der Waals surface area contributed by atoms with Crippen LogP contribution in [0.25, 0.3) is 0 Å². The fraction of sp³-hybridized carbons (Fsp3) is 0.200. The molecule has 2 unspecified atom stereocenters. The van der Waals surface area contributed by atoms with Gasteiger partial charge >= 0.3 is 0 Å². The van der Waals surface area contributed by atoms with E-state index in [9.17, 15) is 0 Å². The van der Waals surface area contributed by atoms with Gasteiger partial charge in [-0.2, -0.15) is 0 Å². The summed E-state index contributed by atoms with van der Waals surface area (Å²) in [7, 11) is 0. The SMILES string of the molecule is NC1CC(c2c(Cl)cccc2Cl)Oc2ccc(Cl)cc21. The van der Waals surface area contributed by atoms with Gasteiger partial charge in [0.15, 0.2) is 0 Å². The van der Waals surface area contributed by atoms with Crippen molar-refractivity contribution in [2.45, 2.75) is 18.6 Å². The molecule has 0 spiro atoms. The molecule has 5 heteroatoms. The zero-order chi connectivity index (χ0) is 14.3. The van der Waals surface area contributed by atoms with Crippen LogP contribution in [0.2, 0.25) is 15.1 Å². The van der Waals surface area contributed by atoms with Crippen LogP contribution in [-0.2, 0) is 0 Å². The lowest BCUT2D eigenvalue weighted by molar-refractivity contribution is 0.162. The third kappa shape index (κ3) is 2.49. The molecule has 20 heavy (non-hydrogen) atoms. The predicted octanol–water partition coefficient (Wildman–Crippen LogP) is 5.17. The van der Waals surface area contributed by atoms with Gasteiger partial charge in [-0.1, -0.05) is 40.9 Å². The van der Waals surface area contributed by atoms with E-state index in [4.69, 9.17) is 45.3 Å². The Hall–Kier alpha value is -0.930. The van der Waals surface area contributed by atoms with Crippen LogP contribution in [0.3, 0.4) is 0 Å². The van der Waals surface area contributed by atoms with Gasteiger partial charge in [0.1, 0.15) is 11.9 Å². The first-order chi connectivity index (χ1) is 9.56. The third-order valence-corrected chi connectivity index (χ3v) is 4.32. The van der Waals surface area contributed by atoms with Crippen LogP contribution in [0.5, 0.6) is 5.75 Å². The first-order valence-electron chi connectivity index (χ1n) is 6.22. The number of benzene rings is 2. The van der Waals surface area contributed by atoms with Gasteiger partial charge in [-0.3, -0.25) is 0 Å². The van der Waals surface area contributed by atoms with E-state index in [1.165, 1.54) is 0 Å². The molecule has 3 rings (SSSR count). The number of ether oxygens (including phenoxy) is 1. The van der Waals surface area contributed by atoms with Crippen LogP contribution in [0.15, 0.2) is 36.4 Å². The van der Waals surface area contributed by atoms with Crippen molar-refractivity contribution < 1.29 is 4.74 Å². The smallest absolute Gasteiger partial charge is 0.128 e. The second kappa shape index (κ2) is 5.45. The first kappa shape index (κ1) is 14.0. The Labute approximate surface area is 132 Å². The van der Waals surface area contributed by atoms with Crippen LogP contribution in [-0.4, -0.2) is 0 Å². The molecular weight excluding hydrogens is 317 g/mol. The maximum atomic E-state index is 6.24. The highest BCUT2D eigenvalue weighted by molar-refractivity contribution is 6.36. The highest BCUT2D eigenvalue weighted by Crippen LogP contribution is 2.44. The molecular formula is C15H12Cl3NO. The molecule has 2 nitrogen and oxygen atoms in total. The van der Waals surface area contributed by atoms with Gasteiger partial charge < -0.3 is 10.5 Å². The number of fused-ring (bicyclic) bond motifs is 1. The summed E-state index contributed by atoms with van der Waals surface area (Å²) in [6, 6.07) is 10.7. The van der Waals surface area contributed by atoms with E-state index in [1.54, 1.807) is 18.2 Å². The van der Waals surface area contributed by atoms with Gasteiger partial charge in [-0.05, 0) is 30.3 Å². The number of halogens is 3. The fourth-order valence-electron chi connectivity index (χ4n) is 2.47. The Morgan fingerprint density at radius 2 is 1.75 bits per heavy atom. The zero-order valence-corrected chi connectivity index (χ0v) is 12.7. The molecule has 0 radical (unpaired) electrons. The summed E-state index contributed by atoms with van der Waals surface area (Å²) < 4.78 is 6.00. The van der Waals surface area contributed by atoms with E-state index in [0.717, 1.165) is 16.9 Å². The van der Waals surface area contributed by atoms with Crippen molar-refractivity contribution in [3.05, 3.63) is 62.6 Å². The van der Waals surface area contributed by atoms with Gasteiger partial charge in [-0.25, -0.2) is 0 Å². The monoisotopic (exact) mass is 327 g/mol. The van der Waals surface area contributed by atoms with Gasteiger partial charge in [0.2, 0.25) is 0 Å². The summed E-state index contributed by atoms with van der Waals surface area (Å²) in [4.78, 5) is 0. The molecule has 2 N–H and O–H groups in total. The van der Waals surface area contributed by atoms with Crippen molar-refractivity contribution >= 4 is 34.8 Å². The lowest BCUT2D eigenvalue weighted by atomic mass is 9.93. The lowest BCUT2D eigenvalue weighted by Gasteiger charge is -2.31. The summed E-state index contributed by atoms with van der Waals surface area (Å²) >= 11 is 18.5. The number of rotatable bonds is 1. The van der Waals surface area contributed by atoms with Crippen LogP contribution in [0, 0.1) is 0 Å². The molecule has 1 heterocycles. The third-order valence-electron chi connectivity index (χ3n) is 3.43. The van der Waals surface area contributed by atoms with Gasteiger partial charge in [-0.15, -0.1) is 0 Å². The van der Waals surface area contributed by atoms with Crippen LogP contribution in [0.1, 0.15) is 29.7 Å². The molecule has 0 amide bonds. The molecule has 2 aromatic carbocycles. The predicted molar refractivity (Wildman–Crippen MR) is 82.8 cm³/mol. The Morgan fingerprint density at radius 3 is 2.45 bits per heavy atom. The van der Waals surface area contributed by atoms with E-state index in [0.29, 0.717) is 21.5 Å². The van der Waals surface area contributed by atoms with Crippen LogP contribution < -0.4 is 10.5 Å². The van der Waals surface area contributed by atoms with Gasteiger partial charge in [0.25, 0.3) is 0 Å². The van der Waals surface area contributed by atoms with Crippen molar-refractivity contribution in [3.8, 4) is 5.75 Å². The van der Waals surface area contributed by atoms with Gasteiger partial charge in [0, 0.05) is 38.7 Å². The van der Waals surface area contributed by atoms with Crippen molar-refractivity contribution in [2.75, 3.05) is 0 Å². The average Bonchev–Trinajstić information content (AvgIpc) is 2.39. The number of hydrogen-bond donors (Lipinski definition) is 1. The first-order valence-corrected chi connectivity index (χ1v) is 7.35. The molecule has 2 atom stereocenters. The summed E-state index contributed by atoms with van der Waals surface area (Å²) in [6.07, 6.45) is 0.358. The summed E-state index contributed by atoms with van der Waals surface area (Å²) in [6.45, 7) is 0. The van der Waals surface area contributed by atoms with Crippen molar-refractivity contribution in [2.24, 2.45) is 5.73 Å². The quantitative estimate of drug-likeness (QED) is 0.783. The average molecular weight is 329 g/mol. The lowest BCUT2D eigenvalue weighted by Crippen LogP contribution is -2.24. The highest BCUT2D eigenvalue weighted by atomic mass is 35.5. The van der Waals surface area contributed by atoms with Crippen LogP contribution in [0.4, 0.5) is 0 Å². The minimum atomic E-state index is -0.250. The zero-order valence-electron chi connectivity index (χ0n) is 10.4. The summed E-state index contributed by atoms with van der Waals surface area (Å²) in [5.41, 5.74) is 7.92. The largest absolute Gasteiger partial charge is 0.485 e. The van der Waals surface area contributed by atoms with E-state index in [-0.39, 0.29) is 12.1 Å². The highest BCUT2D eigenvalue weighted by Gasteiger charge is 2.29. The number of hydrogen-bond acceptors (Lipinski definition) is 2. The van der Waals surface area contributed by atoms with E-state index < -0.39 is 0 Å². The van der Waals surface area contributed by atoms with Crippen LogP contribution >= 0.6 is 34.8 Å². The van der Waals surface area contributed by atoms with Gasteiger partial charge in [0.05, 0.1) is 0 Å². The molecule has 0 aromatic heterocycles. The maximum Gasteiger partial charge on any atom is 0.128 e. The molecule has 0 saturated carbocycles. The van der Waals surface area contributed by atoms with E-state index in [2.05, 4.69) is 0 Å². The molecule has 0 saturated heterocycles. The minimum Gasteiger partial charge on any atom is -0.485 e. The minimum absolute atomic E-state index is 0.158. The Bertz CT molecular complexity index is 639. The Morgan fingerprint density at radius 1 is 1.05 bits per heavy atom. The second-order valence-electron chi connectivity index (χ2n) is 4.77. The molecule has 0 aliphatic carbocycles. The summed E-state index contributed by atoms with van der Waals surface area (Å²) in [5.74, 6) is 0.731.